The minimum atomic E-state index is -0.115. The predicted molar refractivity (Wildman–Crippen MR) is 84.0 cm³/mol. The third kappa shape index (κ3) is 4.77. The summed E-state index contributed by atoms with van der Waals surface area (Å²) in [7, 11) is 0. The first kappa shape index (κ1) is 16.4. The van der Waals surface area contributed by atoms with E-state index in [0.29, 0.717) is 11.7 Å². The van der Waals surface area contributed by atoms with Crippen LogP contribution in [0.1, 0.15) is 37.4 Å². The highest BCUT2D eigenvalue weighted by Crippen LogP contribution is 2.20. The summed E-state index contributed by atoms with van der Waals surface area (Å²) in [6.45, 7) is 10.7. The van der Waals surface area contributed by atoms with Crippen molar-refractivity contribution in [2.75, 3.05) is 32.8 Å². The highest BCUT2D eigenvalue weighted by molar-refractivity contribution is 5.25. The number of nitrogens with zero attached hydrogens (tertiary/aromatic N) is 1. The first-order chi connectivity index (χ1) is 10.1. The van der Waals surface area contributed by atoms with Crippen molar-refractivity contribution < 1.29 is 9.13 Å². The van der Waals surface area contributed by atoms with E-state index >= 15 is 0 Å². The van der Waals surface area contributed by atoms with Gasteiger partial charge in [-0.2, -0.15) is 0 Å². The molecular formula is C17H27FN2O. The average molecular weight is 294 g/mol. The topological polar surface area (TPSA) is 24.5 Å². The minimum Gasteiger partial charge on any atom is -0.376 e. The van der Waals surface area contributed by atoms with Crippen LogP contribution in [0.25, 0.3) is 0 Å². The number of benzene rings is 1. The number of ether oxygens (including phenoxy) is 1. The Bertz CT molecular complexity index is 452. The van der Waals surface area contributed by atoms with Crippen LogP contribution in [0.4, 0.5) is 4.39 Å². The fourth-order valence-corrected chi connectivity index (χ4v) is 2.86. The van der Waals surface area contributed by atoms with Crippen molar-refractivity contribution in [2.24, 2.45) is 0 Å². The van der Waals surface area contributed by atoms with Gasteiger partial charge < -0.3 is 10.1 Å². The van der Waals surface area contributed by atoms with E-state index in [1.165, 1.54) is 0 Å². The van der Waals surface area contributed by atoms with Crippen LogP contribution in [-0.4, -0.2) is 43.8 Å². The van der Waals surface area contributed by atoms with Crippen molar-refractivity contribution in [2.45, 2.75) is 39.3 Å². The zero-order valence-electron chi connectivity index (χ0n) is 13.4. The number of hydrogen-bond donors (Lipinski definition) is 1. The van der Waals surface area contributed by atoms with Gasteiger partial charge in [-0.05, 0) is 44.0 Å². The summed E-state index contributed by atoms with van der Waals surface area (Å²) in [6.07, 6.45) is 1.30. The van der Waals surface area contributed by atoms with Gasteiger partial charge in [0.05, 0.1) is 12.7 Å². The van der Waals surface area contributed by atoms with Crippen molar-refractivity contribution >= 4 is 0 Å². The van der Waals surface area contributed by atoms with E-state index in [1.54, 1.807) is 13.0 Å². The SMILES string of the molecule is CCNC(CCN1CCOC(C)C1)c1ccc(C)c(F)c1. The highest BCUT2D eigenvalue weighted by atomic mass is 19.1. The molecule has 1 aromatic rings. The maximum atomic E-state index is 13.8. The van der Waals surface area contributed by atoms with Crippen molar-refractivity contribution in [3.8, 4) is 0 Å². The standard InChI is InChI=1S/C17H27FN2O/c1-4-19-17(15-6-5-13(2)16(18)11-15)7-8-20-9-10-21-14(3)12-20/h5-6,11,14,17,19H,4,7-10,12H2,1-3H3. The molecule has 0 amide bonds. The molecule has 2 atom stereocenters. The number of hydrogen-bond acceptors (Lipinski definition) is 3. The molecule has 1 saturated heterocycles. The lowest BCUT2D eigenvalue weighted by molar-refractivity contribution is -0.0192. The summed E-state index contributed by atoms with van der Waals surface area (Å²) in [6, 6.07) is 5.78. The first-order valence-corrected chi connectivity index (χ1v) is 7.93. The second-order valence-electron chi connectivity index (χ2n) is 5.89. The molecule has 1 heterocycles. The molecule has 2 unspecified atom stereocenters. The van der Waals surface area contributed by atoms with E-state index in [-0.39, 0.29) is 11.9 Å². The Balaban J connectivity index is 1.96. The van der Waals surface area contributed by atoms with Crippen molar-refractivity contribution in [3.05, 3.63) is 35.1 Å². The molecule has 3 nitrogen and oxygen atoms in total. The third-order valence-corrected chi connectivity index (χ3v) is 4.11. The molecule has 1 N–H and O–H groups in total. The molecular weight excluding hydrogens is 267 g/mol. The van der Waals surface area contributed by atoms with Gasteiger partial charge in [-0.3, -0.25) is 4.90 Å². The van der Waals surface area contributed by atoms with E-state index in [9.17, 15) is 4.39 Å². The molecule has 1 aliphatic rings. The van der Waals surface area contributed by atoms with Crippen LogP contribution in [0, 0.1) is 12.7 Å². The minimum absolute atomic E-state index is 0.115. The summed E-state index contributed by atoms with van der Waals surface area (Å²) in [5, 5.41) is 3.47. The van der Waals surface area contributed by atoms with Gasteiger partial charge in [-0.15, -0.1) is 0 Å². The number of morpholine rings is 1. The monoisotopic (exact) mass is 294 g/mol. The summed E-state index contributed by atoms with van der Waals surface area (Å²) in [4.78, 5) is 2.43. The normalized spacial score (nSPS) is 21.4. The predicted octanol–water partition coefficient (Wildman–Crippen LogP) is 2.90. The van der Waals surface area contributed by atoms with Gasteiger partial charge in [-0.25, -0.2) is 4.39 Å². The molecule has 0 saturated carbocycles. The number of nitrogens with one attached hydrogen (secondary N) is 1. The second-order valence-corrected chi connectivity index (χ2v) is 5.89. The Morgan fingerprint density at radius 1 is 1.48 bits per heavy atom. The number of rotatable bonds is 6. The molecule has 0 bridgehead atoms. The molecule has 118 valence electrons. The van der Waals surface area contributed by atoms with Crippen LogP contribution in [0.3, 0.4) is 0 Å². The van der Waals surface area contributed by atoms with Crippen molar-refractivity contribution in [1.82, 2.24) is 10.2 Å². The van der Waals surface area contributed by atoms with Crippen molar-refractivity contribution in [1.29, 1.82) is 0 Å². The van der Waals surface area contributed by atoms with Gasteiger partial charge in [0.25, 0.3) is 0 Å². The van der Waals surface area contributed by atoms with Gasteiger partial charge in [-0.1, -0.05) is 19.1 Å². The molecule has 2 rings (SSSR count). The summed E-state index contributed by atoms with van der Waals surface area (Å²) in [5.74, 6) is -0.115. The number of aryl methyl sites for hydroxylation is 1. The Morgan fingerprint density at radius 2 is 2.29 bits per heavy atom. The Hall–Kier alpha value is -0.970. The molecule has 21 heavy (non-hydrogen) atoms. The fraction of sp³-hybridized carbons (Fsp3) is 0.647. The zero-order valence-corrected chi connectivity index (χ0v) is 13.4. The van der Waals surface area contributed by atoms with E-state index in [1.807, 2.05) is 12.1 Å². The van der Waals surface area contributed by atoms with Crippen LogP contribution >= 0.6 is 0 Å². The van der Waals surface area contributed by atoms with Crippen LogP contribution in [0.2, 0.25) is 0 Å². The zero-order chi connectivity index (χ0) is 15.2. The highest BCUT2D eigenvalue weighted by Gasteiger charge is 2.19. The molecule has 0 spiro atoms. The van der Waals surface area contributed by atoms with E-state index in [4.69, 9.17) is 4.74 Å². The first-order valence-electron chi connectivity index (χ1n) is 7.93. The van der Waals surface area contributed by atoms with E-state index in [2.05, 4.69) is 24.1 Å². The van der Waals surface area contributed by atoms with Gasteiger partial charge in [0, 0.05) is 25.7 Å². The quantitative estimate of drug-likeness (QED) is 0.873. The molecule has 0 radical (unpaired) electrons. The lowest BCUT2D eigenvalue weighted by Gasteiger charge is -2.32. The van der Waals surface area contributed by atoms with Crippen LogP contribution in [0.15, 0.2) is 18.2 Å². The van der Waals surface area contributed by atoms with Crippen LogP contribution < -0.4 is 5.32 Å². The molecule has 1 aromatic carbocycles. The Morgan fingerprint density at radius 3 is 2.95 bits per heavy atom. The molecule has 1 aliphatic heterocycles. The van der Waals surface area contributed by atoms with E-state index < -0.39 is 0 Å². The van der Waals surface area contributed by atoms with Crippen LogP contribution in [0.5, 0.6) is 0 Å². The summed E-state index contributed by atoms with van der Waals surface area (Å²) < 4.78 is 19.3. The Kier molecular flexibility index (Phi) is 6.15. The molecule has 0 aliphatic carbocycles. The van der Waals surface area contributed by atoms with Gasteiger partial charge in [0.1, 0.15) is 5.82 Å². The molecule has 1 fully saturated rings. The summed E-state index contributed by atoms with van der Waals surface area (Å²) in [5.41, 5.74) is 1.75. The van der Waals surface area contributed by atoms with E-state index in [0.717, 1.165) is 44.8 Å². The Labute approximate surface area is 127 Å². The lowest BCUT2D eigenvalue weighted by atomic mass is 10.0. The van der Waals surface area contributed by atoms with Crippen LogP contribution in [-0.2, 0) is 4.74 Å². The second kappa shape index (κ2) is 7.87. The maximum absolute atomic E-state index is 13.8. The smallest absolute Gasteiger partial charge is 0.126 e. The summed E-state index contributed by atoms with van der Waals surface area (Å²) >= 11 is 0. The molecule has 0 aromatic heterocycles. The maximum Gasteiger partial charge on any atom is 0.126 e. The molecule has 4 heteroatoms. The third-order valence-electron chi connectivity index (χ3n) is 4.11. The lowest BCUT2D eigenvalue weighted by Crippen LogP contribution is -2.42. The van der Waals surface area contributed by atoms with Gasteiger partial charge >= 0.3 is 0 Å². The van der Waals surface area contributed by atoms with Gasteiger partial charge in [0.2, 0.25) is 0 Å². The van der Waals surface area contributed by atoms with Gasteiger partial charge in [0.15, 0.2) is 0 Å². The largest absolute Gasteiger partial charge is 0.376 e. The average Bonchev–Trinajstić information content (AvgIpc) is 2.46. The van der Waals surface area contributed by atoms with Crippen molar-refractivity contribution in [3.63, 3.8) is 0 Å². The number of halogens is 1. The fourth-order valence-electron chi connectivity index (χ4n) is 2.86.